The molecular formula is C25H15NO3. The Hall–Kier alpha value is -4.05. The van der Waals surface area contributed by atoms with Crippen LogP contribution in [-0.2, 0) is 0 Å². The number of imide groups is 1. The number of carbonyl (C=O) groups excluding carboxylic acids is 3. The highest BCUT2D eigenvalue weighted by molar-refractivity contribution is 6.36. The average molecular weight is 377 g/mol. The van der Waals surface area contributed by atoms with Crippen LogP contribution < -0.4 is 4.90 Å². The van der Waals surface area contributed by atoms with E-state index in [1.54, 1.807) is 42.5 Å². The molecule has 0 radical (unpaired) electrons. The van der Waals surface area contributed by atoms with Crippen molar-refractivity contribution in [3.05, 3.63) is 113 Å². The van der Waals surface area contributed by atoms with Crippen LogP contribution in [0.3, 0.4) is 0 Å². The number of ketones is 1. The number of hydrogen-bond donors (Lipinski definition) is 0. The van der Waals surface area contributed by atoms with Crippen LogP contribution in [0, 0.1) is 0 Å². The predicted molar refractivity (Wildman–Crippen MR) is 111 cm³/mol. The fourth-order valence-corrected chi connectivity index (χ4v) is 3.76. The molecular weight excluding hydrogens is 362 g/mol. The standard InChI is InChI=1S/C25H15NO3/c27-23(17-8-2-1-3-9-17)18-13-14-20-21(15-18)25(29)26(24(20)28)22-12-6-10-16-7-4-5-11-19(16)22/h1-15H. The molecule has 4 heteroatoms. The molecule has 5 rings (SSSR count). The van der Waals surface area contributed by atoms with Crippen molar-refractivity contribution in [3.63, 3.8) is 0 Å². The van der Waals surface area contributed by atoms with Crippen LogP contribution in [0.15, 0.2) is 91.0 Å². The van der Waals surface area contributed by atoms with E-state index in [0.29, 0.717) is 22.4 Å². The topological polar surface area (TPSA) is 54.5 Å². The van der Waals surface area contributed by atoms with E-state index in [4.69, 9.17) is 0 Å². The molecule has 138 valence electrons. The Morgan fingerprint density at radius 3 is 2.14 bits per heavy atom. The van der Waals surface area contributed by atoms with Crippen molar-refractivity contribution >= 4 is 34.1 Å². The third kappa shape index (κ3) is 2.65. The lowest BCUT2D eigenvalue weighted by Gasteiger charge is -2.16. The van der Waals surface area contributed by atoms with Gasteiger partial charge in [-0.3, -0.25) is 14.4 Å². The first-order valence-corrected chi connectivity index (χ1v) is 9.25. The van der Waals surface area contributed by atoms with Crippen LogP contribution in [0.4, 0.5) is 5.69 Å². The largest absolute Gasteiger partial charge is 0.289 e. The summed E-state index contributed by atoms with van der Waals surface area (Å²) in [5, 5.41) is 1.77. The number of fused-ring (bicyclic) bond motifs is 2. The Labute approximate surface area is 167 Å². The molecule has 0 spiro atoms. The molecule has 2 amide bonds. The SMILES string of the molecule is O=C(c1ccccc1)c1ccc2c(c1)C(=O)N(c1cccc3ccccc13)C2=O. The minimum absolute atomic E-state index is 0.183. The Morgan fingerprint density at radius 1 is 0.621 bits per heavy atom. The van der Waals surface area contributed by atoms with Gasteiger partial charge in [0.05, 0.1) is 16.8 Å². The van der Waals surface area contributed by atoms with E-state index < -0.39 is 5.91 Å². The maximum atomic E-state index is 13.2. The molecule has 4 aromatic carbocycles. The summed E-state index contributed by atoms with van der Waals surface area (Å²) in [6.45, 7) is 0. The van der Waals surface area contributed by atoms with Crippen LogP contribution in [0.2, 0.25) is 0 Å². The summed E-state index contributed by atoms with van der Waals surface area (Å²) in [6, 6.07) is 26.7. The maximum Gasteiger partial charge on any atom is 0.266 e. The zero-order chi connectivity index (χ0) is 20.0. The number of anilines is 1. The number of nitrogens with zero attached hydrogens (tertiary/aromatic N) is 1. The molecule has 0 saturated carbocycles. The van der Waals surface area contributed by atoms with Gasteiger partial charge < -0.3 is 0 Å². The van der Waals surface area contributed by atoms with Gasteiger partial charge in [-0.05, 0) is 23.6 Å². The smallest absolute Gasteiger partial charge is 0.266 e. The molecule has 0 aliphatic carbocycles. The van der Waals surface area contributed by atoms with Gasteiger partial charge in [0, 0.05) is 16.5 Å². The highest BCUT2D eigenvalue weighted by Gasteiger charge is 2.37. The van der Waals surface area contributed by atoms with E-state index in [-0.39, 0.29) is 17.3 Å². The zero-order valence-electron chi connectivity index (χ0n) is 15.3. The van der Waals surface area contributed by atoms with E-state index in [9.17, 15) is 14.4 Å². The summed E-state index contributed by atoms with van der Waals surface area (Å²) in [5.74, 6) is -0.971. The van der Waals surface area contributed by atoms with Crippen molar-refractivity contribution in [2.24, 2.45) is 0 Å². The fraction of sp³-hybridized carbons (Fsp3) is 0. The van der Waals surface area contributed by atoms with Gasteiger partial charge in [-0.15, -0.1) is 0 Å². The molecule has 0 aromatic heterocycles. The number of amides is 2. The van der Waals surface area contributed by atoms with Crippen LogP contribution in [0.5, 0.6) is 0 Å². The Kier molecular flexibility index (Phi) is 3.85. The lowest BCUT2D eigenvalue weighted by Crippen LogP contribution is -2.29. The highest BCUT2D eigenvalue weighted by Crippen LogP contribution is 2.34. The van der Waals surface area contributed by atoms with Crippen molar-refractivity contribution in [1.82, 2.24) is 0 Å². The molecule has 0 fully saturated rings. The monoisotopic (exact) mass is 377 g/mol. The minimum Gasteiger partial charge on any atom is -0.289 e. The van der Waals surface area contributed by atoms with Crippen molar-refractivity contribution in [2.75, 3.05) is 4.90 Å². The molecule has 0 saturated heterocycles. The van der Waals surface area contributed by atoms with Crippen LogP contribution in [-0.4, -0.2) is 17.6 Å². The molecule has 1 aliphatic heterocycles. The Morgan fingerprint density at radius 2 is 1.31 bits per heavy atom. The van der Waals surface area contributed by atoms with Gasteiger partial charge in [-0.1, -0.05) is 72.8 Å². The average Bonchev–Trinajstić information content (AvgIpc) is 3.03. The van der Waals surface area contributed by atoms with Gasteiger partial charge in [-0.25, -0.2) is 4.90 Å². The second kappa shape index (κ2) is 6.53. The third-order valence-electron chi connectivity index (χ3n) is 5.19. The van der Waals surface area contributed by atoms with Gasteiger partial charge >= 0.3 is 0 Å². The summed E-state index contributed by atoms with van der Waals surface area (Å²) in [7, 11) is 0. The predicted octanol–water partition coefficient (Wildman–Crippen LogP) is 4.87. The molecule has 4 aromatic rings. The van der Waals surface area contributed by atoms with Gasteiger partial charge in [0.15, 0.2) is 5.78 Å². The quantitative estimate of drug-likeness (QED) is 0.378. The Balaban J connectivity index is 1.59. The first-order chi connectivity index (χ1) is 14.1. The van der Waals surface area contributed by atoms with Crippen LogP contribution in [0.25, 0.3) is 10.8 Å². The summed E-state index contributed by atoms with van der Waals surface area (Å²) in [4.78, 5) is 40.1. The van der Waals surface area contributed by atoms with Crippen LogP contribution in [0.1, 0.15) is 36.6 Å². The Bertz CT molecular complexity index is 1300. The van der Waals surface area contributed by atoms with E-state index in [1.165, 1.54) is 11.0 Å². The molecule has 0 unspecified atom stereocenters. The molecule has 4 nitrogen and oxygen atoms in total. The minimum atomic E-state index is -0.413. The second-order valence-corrected chi connectivity index (χ2v) is 6.90. The maximum absolute atomic E-state index is 13.2. The number of benzene rings is 4. The number of rotatable bonds is 3. The normalized spacial score (nSPS) is 13.0. The summed E-state index contributed by atoms with van der Waals surface area (Å²) in [6.07, 6.45) is 0. The molecule has 1 heterocycles. The number of carbonyl (C=O) groups is 3. The first-order valence-electron chi connectivity index (χ1n) is 9.25. The molecule has 0 N–H and O–H groups in total. The van der Waals surface area contributed by atoms with Gasteiger partial charge in [0.1, 0.15) is 0 Å². The molecule has 0 bridgehead atoms. The van der Waals surface area contributed by atoms with E-state index in [1.807, 2.05) is 42.5 Å². The zero-order valence-corrected chi connectivity index (χ0v) is 15.3. The highest BCUT2D eigenvalue weighted by atomic mass is 16.2. The van der Waals surface area contributed by atoms with Crippen molar-refractivity contribution in [1.29, 1.82) is 0 Å². The van der Waals surface area contributed by atoms with Crippen molar-refractivity contribution in [3.8, 4) is 0 Å². The molecule has 29 heavy (non-hydrogen) atoms. The lowest BCUT2D eigenvalue weighted by molar-refractivity contribution is 0.0926. The van der Waals surface area contributed by atoms with Gasteiger partial charge in [-0.2, -0.15) is 0 Å². The van der Waals surface area contributed by atoms with Gasteiger partial charge in [0.2, 0.25) is 0 Å². The van der Waals surface area contributed by atoms with E-state index in [0.717, 1.165) is 10.8 Å². The van der Waals surface area contributed by atoms with E-state index in [2.05, 4.69) is 0 Å². The second-order valence-electron chi connectivity index (χ2n) is 6.90. The molecule has 1 aliphatic rings. The molecule has 0 atom stereocenters. The number of hydrogen-bond acceptors (Lipinski definition) is 3. The van der Waals surface area contributed by atoms with Crippen molar-refractivity contribution in [2.45, 2.75) is 0 Å². The lowest BCUT2D eigenvalue weighted by atomic mass is 9.99. The fourth-order valence-electron chi connectivity index (χ4n) is 3.76. The third-order valence-corrected chi connectivity index (χ3v) is 5.19. The van der Waals surface area contributed by atoms with Crippen LogP contribution >= 0.6 is 0 Å². The van der Waals surface area contributed by atoms with Gasteiger partial charge in [0.25, 0.3) is 11.8 Å². The van der Waals surface area contributed by atoms with Crippen molar-refractivity contribution < 1.29 is 14.4 Å². The summed E-state index contributed by atoms with van der Waals surface area (Å²) in [5.41, 5.74) is 2.04. The summed E-state index contributed by atoms with van der Waals surface area (Å²) >= 11 is 0. The summed E-state index contributed by atoms with van der Waals surface area (Å²) < 4.78 is 0. The first kappa shape index (κ1) is 17.1. The van der Waals surface area contributed by atoms with E-state index >= 15 is 0 Å².